The van der Waals surface area contributed by atoms with Crippen LogP contribution in [0.1, 0.15) is 31.9 Å². The Hall–Kier alpha value is -2.88. The van der Waals surface area contributed by atoms with E-state index in [-0.39, 0.29) is 11.0 Å². The molecule has 0 aliphatic carbocycles. The van der Waals surface area contributed by atoms with Crippen LogP contribution in [0.5, 0.6) is 5.75 Å². The highest BCUT2D eigenvalue weighted by molar-refractivity contribution is 5.95. The van der Waals surface area contributed by atoms with Crippen LogP contribution in [-0.4, -0.2) is 11.7 Å². The Morgan fingerprint density at radius 2 is 1.80 bits per heavy atom. The van der Waals surface area contributed by atoms with E-state index in [1.165, 1.54) is 16.3 Å². The van der Waals surface area contributed by atoms with Crippen molar-refractivity contribution in [1.29, 1.82) is 0 Å². The van der Waals surface area contributed by atoms with Crippen LogP contribution in [0, 0.1) is 0 Å². The number of nitrogens with zero attached hydrogens (tertiary/aromatic N) is 1. The summed E-state index contributed by atoms with van der Waals surface area (Å²) < 4.78 is 0. The molecule has 25 heavy (non-hydrogen) atoms. The first-order valence-electron chi connectivity index (χ1n) is 8.42. The Labute approximate surface area is 145 Å². The number of likely N-dealkylation sites (N-methyl/N-ethyl adjacent to an activating group) is 1. The second-order valence-electron chi connectivity index (χ2n) is 7.00. The fraction of sp³-hybridized carbons (Fsp3) is 0.238. The Kier molecular flexibility index (Phi) is 3.16. The molecule has 4 rings (SSSR count). The Bertz CT molecular complexity index is 1110. The molecule has 126 valence electrons. The third-order valence-corrected chi connectivity index (χ3v) is 5.27. The summed E-state index contributed by atoms with van der Waals surface area (Å²) in [4.78, 5) is 25.3. The van der Waals surface area contributed by atoms with Crippen LogP contribution < -0.4 is 15.8 Å². The Balaban J connectivity index is 2.01. The SMILES string of the molecule is CCN1C(=Cc2c(O)c(=O)c2=O)C(C)(C)c2c1ccc1ccccc21. The number of aromatic hydroxyl groups is 1. The Morgan fingerprint density at radius 3 is 2.48 bits per heavy atom. The summed E-state index contributed by atoms with van der Waals surface area (Å²) >= 11 is 0. The van der Waals surface area contributed by atoms with Gasteiger partial charge in [-0.15, -0.1) is 0 Å². The van der Waals surface area contributed by atoms with E-state index in [9.17, 15) is 14.7 Å². The van der Waals surface area contributed by atoms with Gasteiger partial charge in [-0.05, 0) is 35.4 Å². The molecular formula is C21H19NO3. The largest absolute Gasteiger partial charge is 0.504 e. The molecule has 0 amide bonds. The maximum Gasteiger partial charge on any atom is 0.268 e. The molecule has 0 radical (unpaired) electrons. The number of rotatable bonds is 2. The highest BCUT2D eigenvalue weighted by atomic mass is 16.3. The van der Waals surface area contributed by atoms with Crippen LogP contribution in [0.25, 0.3) is 16.8 Å². The lowest BCUT2D eigenvalue weighted by Crippen LogP contribution is -2.34. The minimum Gasteiger partial charge on any atom is -0.504 e. The number of benzene rings is 2. The average Bonchev–Trinajstić information content (AvgIpc) is 2.85. The molecule has 0 bridgehead atoms. The summed E-state index contributed by atoms with van der Waals surface area (Å²) in [6, 6.07) is 12.5. The van der Waals surface area contributed by atoms with Crippen molar-refractivity contribution >= 4 is 22.5 Å². The normalized spacial score (nSPS) is 17.6. The zero-order chi connectivity index (χ0) is 17.9. The quantitative estimate of drug-likeness (QED) is 0.731. The van der Waals surface area contributed by atoms with Crippen molar-refractivity contribution in [1.82, 2.24) is 0 Å². The molecule has 0 saturated heterocycles. The molecular weight excluding hydrogens is 314 g/mol. The van der Waals surface area contributed by atoms with Crippen molar-refractivity contribution in [2.24, 2.45) is 0 Å². The van der Waals surface area contributed by atoms with Gasteiger partial charge in [0.25, 0.3) is 5.43 Å². The predicted octanol–water partition coefficient (Wildman–Crippen LogP) is 3.30. The average molecular weight is 333 g/mol. The van der Waals surface area contributed by atoms with Gasteiger partial charge in [-0.3, -0.25) is 9.59 Å². The molecule has 0 unspecified atom stereocenters. The molecule has 0 atom stereocenters. The van der Waals surface area contributed by atoms with Gasteiger partial charge < -0.3 is 10.0 Å². The first kappa shape index (κ1) is 15.6. The van der Waals surface area contributed by atoms with E-state index in [4.69, 9.17) is 0 Å². The minimum atomic E-state index is -0.798. The van der Waals surface area contributed by atoms with E-state index < -0.39 is 16.6 Å². The molecule has 0 aromatic heterocycles. The lowest BCUT2D eigenvalue weighted by atomic mass is 9.80. The molecule has 3 aromatic carbocycles. The number of hydrogen-bond acceptors (Lipinski definition) is 4. The Morgan fingerprint density at radius 1 is 1.08 bits per heavy atom. The summed E-state index contributed by atoms with van der Waals surface area (Å²) in [5.74, 6) is -0.426. The molecule has 0 fully saturated rings. The highest BCUT2D eigenvalue weighted by Gasteiger charge is 2.41. The monoisotopic (exact) mass is 333 g/mol. The molecule has 0 spiro atoms. The first-order chi connectivity index (χ1) is 11.9. The van der Waals surface area contributed by atoms with Crippen LogP contribution in [-0.2, 0) is 5.41 Å². The van der Waals surface area contributed by atoms with Crippen molar-refractivity contribution in [3.63, 3.8) is 0 Å². The van der Waals surface area contributed by atoms with Gasteiger partial charge in [0.2, 0.25) is 5.43 Å². The second kappa shape index (κ2) is 5.06. The summed E-state index contributed by atoms with van der Waals surface area (Å²) in [5.41, 5.74) is 1.59. The van der Waals surface area contributed by atoms with Crippen LogP contribution in [0.15, 0.2) is 51.7 Å². The van der Waals surface area contributed by atoms with Gasteiger partial charge in [0.05, 0.1) is 5.56 Å². The van der Waals surface area contributed by atoms with Gasteiger partial charge in [-0.1, -0.05) is 44.2 Å². The van der Waals surface area contributed by atoms with Crippen molar-refractivity contribution in [2.45, 2.75) is 26.2 Å². The zero-order valence-corrected chi connectivity index (χ0v) is 14.5. The van der Waals surface area contributed by atoms with Gasteiger partial charge in [0, 0.05) is 23.3 Å². The summed E-state index contributed by atoms with van der Waals surface area (Å²) in [7, 11) is 0. The lowest BCUT2D eigenvalue weighted by Gasteiger charge is -2.26. The van der Waals surface area contributed by atoms with Crippen LogP contribution in [0.2, 0.25) is 0 Å². The van der Waals surface area contributed by atoms with Gasteiger partial charge in [-0.25, -0.2) is 0 Å². The molecule has 1 aliphatic rings. The molecule has 4 heteroatoms. The van der Waals surface area contributed by atoms with Crippen LogP contribution >= 0.6 is 0 Å². The number of allylic oxidation sites excluding steroid dienone is 1. The van der Waals surface area contributed by atoms with Gasteiger partial charge in [0.15, 0.2) is 5.75 Å². The summed E-state index contributed by atoms with van der Waals surface area (Å²) in [5, 5.41) is 12.1. The van der Waals surface area contributed by atoms with Crippen molar-refractivity contribution in [2.75, 3.05) is 11.4 Å². The fourth-order valence-corrected chi connectivity index (χ4v) is 4.00. The number of hydrogen-bond donors (Lipinski definition) is 1. The topological polar surface area (TPSA) is 57.6 Å². The highest BCUT2D eigenvalue weighted by Crippen LogP contribution is 2.51. The maximum absolute atomic E-state index is 11.8. The van der Waals surface area contributed by atoms with E-state index in [0.29, 0.717) is 0 Å². The third kappa shape index (κ3) is 1.94. The summed E-state index contributed by atoms with van der Waals surface area (Å²) in [6.45, 7) is 7.01. The molecule has 3 aromatic rings. The van der Waals surface area contributed by atoms with Crippen molar-refractivity contribution in [3.05, 3.63) is 73.7 Å². The van der Waals surface area contributed by atoms with E-state index in [0.717, 1.165) is 17.9 Å². The van der Waals surface area contributed by atoms with Crippen molar-refractivity contribution < 1.29 is 5.11 Å². The van der Waals surface area contributed by atoms with Crippen molar-refractivity contribution in [3.8, 4) is 5.75 Å². The van der Waals surface area contributed by atoms with E-state index in [2.05, 4.69) is 49.9 Å². The molecule has 1 N–H and O–H groups in total. The number of fused-ring (bicyclic) bond motifs is 3. The standard InChI is InChI=1S/C21H19NO3/c1-4-22-15-10-9-12-7-5-6-8-13(12)17(15)21(2,3)16(22)11-14-18(23)20(25)19(14)24/h5-11,23H,4H2,1-3H3. The molecule has 4 nitrogen and oxygen atoms in total. The molecule has 1 heterocycles. The zero-order valence-electron chi connectivity index (χ0n) is 14.5. The van der Waals surface area contributed by atoms with Gasteiger partial charge >= 0.3 is 0 Å². The van der Waals surface area contributed by atoms with Gasteiger partial charge in [0.1, 0.15) is 0 Å². The fourth-order valence-electron chi connectivity index (χ4n) is 4.00. The van der Waals surface area contributed by atoms with Gasteiger partial charge in [-0.2, -0.15) is 0 Å². The van der Waals surface area contributed by atoms with Crippen LogP contribution in [0.3, 0.4) is 0 Å². The smallest absolute Gasteiger partial charge is 0.268 e. The van der Waals surface area contributed by atoms with E-state index in [1.807, 2.05) is 12.1 Å². The molecule has 0 saturated carbocycles. The number of anilines is 1. The lowest BCUT2D eigenvalue weighted by molar-refractivity contribution is 0.461. The molecule has 1 aliphatic heterocycles. The minimum absolute atomic E-state index is 0.114. The maximum atomic E-state index is 11.8. The summed E-state index contributed by atoms with van der Waals surface area (Å²) in [6.07, 6.45) is 1.68. The van der Waals surface area contributed by atoms with E-state index >= 15 is 0 Å². The van der Waals surface area contributed by atoms with E-state index in [1.54, 1.807) is 6.08 Å². The first-order valence-corrected chi connectivity index (χ1v) is 8.42. The predicted molar refractivity (Wildman–Crippen MR) is 101 cm³/mol. The van der Waals surface area contributed by atoms with Crippen LogP contribution in [0.4, 0.5) is 5.69 Å². The third-order valence-electron chi connectivity index (χ3n) is 5.27. The second-order valence-corrected chi connectivity index (χ2v) is 7.00.